The van der Waals surface area contributed by atoms with Gasteiger partial charge in [0.2, 0.25) is 11.8 Å². The van der Waals surface area contributed by atoms with Crippen LogP contribution in [0.1, 0.15) is 36.8 Å². The lowest BCUT2D eigenvalue weighted by molar-refractivity contribution is -0.130. The third-order valence-corrected chi connectivity index (χ3v) is 7.89. The maximum Gasteiger partial charge on any atom is 0.243 e. The molecule has 1 saturated heterocycles. The Morgan fingerprint density at radius 1 is 1.00 bits per heavy atom. The van der Waals surface area contributed by atoms with Crippen molar-refractivity contribution >= 4 is 58.2 Å². The lowest BCUT2D eigenvalue weighted by atomic mass is 9.93. The fourth-order valence-electron chi connectivity index (χ4n) is 4.49. The third-order valence-electron chi connectivity index (χ3n) is 6.76. The summed E-state index contributed by atoms with van der Waals surface area (Å²) in [6.45, 7) is 1.84. The molecule has 9 heteroatoms. The predicted octanol–water partition coefficient (Wildman–Crippen LogP) is 5.27. The van der Waals surface area contributed by atoms with Crippen molar-refractivity contribution in [3.8, 4) is 0 Å². The van der Waals surface area contributed by atoms with Crippen LogP contribution in [0.25, 0.3) is 0 Å². The Morgan fingerprint density at radius 2 is 1.62 bits per heavy atom. The molecule has 182 valence electrons. The Hall–Kier alpha value is -1.50. The molecule has 2 aromatic carbocycles. The van der Waals surface area contributed by atoms with Crippen LogP contribution < -0.4 is 10.6 Å². The molecular formula is C25H27Cl4N3O2. The molecule has 1 heterocycles. The van der Waals surface area contributed by atoms with Crippen LogP contribution in [0, 0.1) is 0 Å². The van der Waals surface area contributed by atoms with Crippen molar-refractivity contribution in [2.75, 3.05) is 20.1 Å². The smallest absolute Gasteiger partial charge is 0.243 e. The summed E-state index contributed by atoms with van der Waals surface area (Å²) in [7, 11) is 2.07. The third kappa shape index (κ3) is 5.83. The summed E-state index contributed by atoms with van der Waals surface area (Å²) in [5.74, 6) is -0.433. The van der Waals surface area contributed by atoms with Gasteiger partial charge in [0.05, 0.1) is 5.41 Å². The second-order valence-electron chi connectivity index (χ2n) is 9.26. The van der Waals surface area contributed by atoms with Gasteiger partial charge in [0, 0.05) is 32.6 Å². The monoisotopic (exact) mass is 541 g/mol. The molecule has 2 N–H and O–H groups in total. The van der Waals surface area contributed by atoms with Gasteiger partial charge in [0.25, 0.3) is 0 Å². The number of piperidine rings is 1. The maximum atomic E-state index is 13.5. The number of nitrogens with zero attached hydrogens (tertiary/aromatic N) is 1. The van der Waals surface area contributed by atoms with Crippen LogP contribution in [-0.2, 0) is 21.4 Å². The van der Waals surface area contributed by atoms with Gasteiger partial charge >= 0.3 is 0 Å². The molecule has 0 spiro atoms. The molecule has 34 heavy (non-hydrogen) atoms. The number of likely N-dealkylation sites (tertiary alicyclic amines) is 1. The van der Waals surface area contributed by atoms with Crippen LogP contribution in [0.15, 0.2) is 36.4 Å². The highest BCUT2D eigenvalue weighted by Crippen LogP contribution is 2.51. The minimum atomic E-state index is -0.783. The van der Waals surface area contributed by atoms with E-state index in [9.17, 15) is 9.59 Å². The number of hydrogen-bond donors (Lipinski definition) is 2. The van der Waals surface area contributed by atoms with E-state index in [-0.39, 0.29) is 24.3 Å². The molecule has 1 aliphatic carbocycles. The van der Waals surface area contributed by atoms with Gasteiger partial charge in [-0.2, -0.15) is 0 Å². The van der Waals surface area contributed by atoms with Crippen LogP contribution in [-0.4, -0.2) is 48.9 Å². The number of nitrogens with one attached hydrogen (secondary N) is 2. The first-order valence-corrected chi connectivity index (χ1v) is 12.9. The summed E-state index contributed by atoms with van der Waals surface area (Å²) >= 11 is 24.9. The molecular weight excluding hydrogens is 516 g/mol. The normalized spacial score (nSPS) is 18.9. The van der Waals surface area contributed by atoms with Crippen molar-refractivity contribution in [1.29, 1.82) is 0 Å². The minimum Gasteiger partial charge on any atom is -0.351 e. The van der Waals surface area contributed by atoms with Gasteiger partial charge < -0.3 is 15.5 Å². The first-order valence-electron chi connectivity index (χ1n) is 11.4. The summed E-state index contributed by atoms with van der Waals surface area (Å²) in [5.41, 5.74) is 0.719. The van der Waals surface area contributed by atoms with Crippen molar-refractivity contribution < 1.29 is 9.59 Å². The first-order chi connectivity index (χ1) is 16.2. The van der Waals surface area contributed by atoms with Crippen molar-refractivity contribution in [1.82, 2.24) is 15.5 Å². The fraction of sp³-hybridized carbons (Fsp3) is 0.440. The molecule has 1 saturated carbocycles. The number of halogens is 4. The van der Waals surface area contributed by atoms with Gasteiger partial charge in [-0.25, -0.2) is 0 Å². The lowest BCUT2D eigenvalue weighted by Gasteiger charge is -2.31. The lowest BCUT2D eigenvalue weighted by Crippen LogP contribution is -2.54. The predicted molar refractivity (Wildman–Crippen MR) is 138 cm³/mol. The van der Waals surface area contributed by atoms with E-state index in [2.05, 4.69) is 22.6 Å². The second kappa shape index (κ2) is 10.6. The average molecular weight is 543 g/mol. The molecule has 0 radical (unpaired) electrons. The van der Waals surface area contributed by atoms with E-state index < -0.39 is 11.5 Å². The summed E-state index contributed by atoms with van der Waals surface area (Å²) in [5, 5.41) is 8.07. The van der Waals surface area contributed by atoms with Gasteiger partial charge in [0.15, 0.2) is 0 Å². The van der Waals surface area contributed by atoms with Crippen molar-refractivity contribution in [3.05, 3.63) is 67.6 Å². The highest BCUT2D eigenvalue weighted by Gasteiger charge is 2.53. The van der Waals surface area contributed by atoms with Crippen LogP contribution in [0.5, 0.6) is 0 Å². The Kier molecular flexibility index (Phi) is 8.00. The van der Waals surface area contributed by atoms with Gasteiger partial charge in [-0.1, -0.05) is 58.5 Å². The van der Waals surface area contributed by atoms with E-state index >= 15 is 0 Å². The Morgan fingerprint density at radius 3 is 2.21 bits per heavy atom. The van der Waals surface area contributed by atoms with E-state index in [0.717, 1.165) is 37.1 Å². The highest BCUT2D eigenvalue weighted by molar-refractivity contribution is 6.35. The largest absolute Gasteiger partial charge is 0.351 e. The molecule has 4 rings (SSSR count). The van der Waals surface area contributed by atoms with Crippen LogP contribution in [0.4, 0.5) is 0 Å². The first kappa shape index (κ1) is 25.6. The number of rotatable bonds is 7. The highest BCUT2D eigenvalue weighted by atomic mass is 35.5. The standard InChI is InChI=1S/C25H27Cl4N3O2/c1-32-10-6-18(7-11-32)30-23(33)22(12-15-2-3-16(26)13-20(15)28)31-24(34)25(8-9-25)19-5-4-17(27)14-21(19)29/h2-5,13-14,18,22H,6-12H2,1H3,(H,30,33)(H,31,34)/t22-/m0/s1. The molecule has 0 bridgehead atoms. The summed E-state index contributed by atoms with van der Waals surface area (Å²) in [6.07, 6.45) is 3.31. The van der Waals surface area contributed by atoms with E-state index in [1.54, 1.807) is 36.4 Å². The number of benzene rings is 2. The van der Waals surface area contributed by atoms with Gasteiger partial charge in [-0.15, -0.1) is 0 Å². The number of carbonyl (C=O) groups is 2. The SMILES string of the molecule is CN1CCC(NC(=O)[C@H](Cc2ccc(Cl)cc2Cl)NC(=O)C2(c3ccc(Cl)cc3Cl)CC2)CC1. The molecule has 2 amide bonds. The molecule has 2 aromatic rings. The topological polar surface area (TPSA) is 61.4 Å². The van der Waals surface area contributed by atoms with E-state index in [4.69, 9.17) is 46.4 Å². The Labute approximate surface area is 220 Å². The summed E-state index contributed by atoms with van der Waals surface area (Å²) in [4.78, 5) is 29.1. The summed E-state index contributed by atoms with van der Waals surface area (Å²) in [6, 6.07) is 9.61. The van der Waals surface area contributed by atoms with E-state index in [1.165, 1.54) is 0 Å². The number of carbonyl (C=O) groups excluding carboxylic acids is 2. The number of amides is 2. The van der Waals surface area contributed by atoms with Crippen LogP contribution in [0.3, 0.4) is 0 Å². The van der Waals surface area contributed by atoms with Crippen molar-refractivity contribution in [2.45, 2.75) is 49.6 Å². The van der Waals surface area contributed by atoms with E-state index in [1.807, 2.05) is 0 Å². The Balaban J connectivity index is 1.54. The zero-order valence-corrected chi connectivity index (χ0v) is 21.9. The zero-order valence-electron chi connectivity index (χ0n) is 18.8. The summed E-state index contributed by atoms with van der Waals surface area (Å²) < 4.78 is 0. The maximum absolute atomic E-state index is 13.5. The quantitative estimate of drug-likeness (QED) is 0.501. The average Bonchev–Trinajstić information content (AvgIpc) is 3.58. The fourth-order valence-corrected chi connectivity index (χ4v) is 5.56. The van der Waals surface area contributed by atoms with Crippen LogP contribution >= 0.6 is 46.4 Å². The molecule has 1 aliphatic heterocycles. The van der Waals surface area contributed by atoms with E-state index in [0.29, 0.717) is 32.9 Å². The minimum absolute atomic E-state index is 0.0735. The van der Waals surface area contributed by atoms with Gasteiger partial charge in [-0.05, 0) is 81.2 Å². The molecule has 5 nitrogen and oxygen atoms in total. The number of hydrogen-bond acceptors (Lipinski definition) is 3. The molecule has 2 aliphatic rings. The Bertz CT molecular complexity index is 1080. The zero-order chi connectivity index (χ0) is 24.5. The molecule has 1 atom stereocenters. The molecule has 0 unspecified atom stereocenters. The van der Waals surface area contributed by atoms with Gasteiger partial charge in [-0.3, -0.25) is 9.59 Å². The second-order valence-corrected chi connectivity index (χ2v) is 10.9. The molecule has 0 aromatic heterocycles. The van der Waals surface area contributed by atoms with Crippen molar-refractivity contribution in [2.24, 2.45) is 0 Å². The van der Waals surface area contributed by atoms with Crippen molar-refractivity contribution in [3.63, 3.8) is 0 Å². The van der Waals surface area contributed by atoms with Gasteiger partial charge in [0.1, 0.15) is 6.04 Å². The molecule has 2 fully saturated rings. The van der Waals surface area contributed by atoms with Crippen LogP contribution in [0.2, 0.25) is 20.1 Å².